The van der Waals surface area contributed by atoms with Crippen LogP contribution < -0.4 is 10.6 Å². The van der Waals surface area contributed by atoms with E-state index < -0.39 is 0 Å². The molecule has 2 atom stereocenters. The fourth-order valence-corrected chi connectivity index (χ4v) is 3.36. The zero-order valence-corrected chi connectivity index (χ0v) is 13.3. The van der Waals surface area contributed by atoms with Crippen molar-refractivity contribution in [1.29, 1.82) is 0 Å². The predicted molar refractivity (Wildman–Crippen MR) is 92.2 cm³/mol. The molecule has 0 N–H and O–H groups in total. The molecule has 1 saturated heterocycles. The maximum Gasteiger partial charge on any atom is 0.280 e. The van der Waals surface area contributed by atoms with Crippen LogP contribution >= 0.6 is 0 Å². The lowest BCUT2D eigenvalue weighted by molar-refractivity contribution is 0.679. The smallest absolute Gasteiger partial charge is 0.280 e. The number of rotatable bonds is 3. The second kappa shape index (κ2) is 5.23. The lowest BCUT2D eigenvalue weighted by atomic mass is 10.1. The molecular formula is C19H19N3O. The van der Waals surface area contributed by atoms with E-state index in [2.05, 4.69) is 24.1 Å². The van der Waals surface area contributed by atoms with E-state index >= 15 is 0 Å². The number of para-hydroxylation sites is 1. The average Bonchev–Trinajstić information content (AvgIpc) is 3.26. The van der Waals surface area contributed by atoms with E-state index in [4.69, 9.17) is 4.98 Å². The molecule has 0 saturated carbocycles. The summed E-state index contributed by atoms with van der Waals surface area (Å²) in [5, 5.41) is 2.81. The van der Waals surface area contributed by atoms with Crippen molar-refractivity contribution in [1.82, 2.24) is 9.66 Å². The summed E-state index contributed by atoms with van der Waals surface area (Å²) in [6, 6.07) is 18.4. The third-order valence-corrected chi connectivity index (χ3v) is 4.58. The topological polar surface area (TPSA) is 37.9 Å². The van der Waals surface area contributed by atoms with Crippen LogP contribution in [0.4, 0.5) is 0 Å². The van der Waals surface area contributed by atoms with Crippen molar-refractivity contribution in [3.63, 3.8) is 0 Å². The Labute approximate surface area is 135 Å². The largest absolute Gasteiger partial charge is 0.294 e. The minimum atomic E-state index is 0.0257. The zero-order valence-electron chi connectivity index (χ0n) is 13.3. The number of nitrogens with zero attached hydrogens (tertiary/aromatic N) is 3. The van der Waals surface area contributed by atoms with Crippen molar-refractivity contribution in [3.05, 3.63) is 76.3 Å². The molecule has 2 heterocycles. The average molecular weight is 305 g/mol. The molecule has 0 aliphatic carbocycles. The van der Waals surface area contributed by atoms with E-state index in [-0.39, 0.29) is 11.6 Å². The van der Waals surface area contributed by atoms with Crippen LogP contribution in [0, 0.1) is 0 Å². The molecule has 0 radical (unpaired) electrons. The van der Waals surface area contributed by atoms with Crippen molar-refractivity contribution >= 4 is 10.9 Å². The normalized spacial score (nSPS) is 20.0. The van der Waals surface area contributed by atoms with Gasteiger partial charge in [0, 0.05) is 6.42 Å². The molecule has 4 nitrogen and oxygen atoms in total. The lowest BCUT2D eigenvalue weighted by Gasteiger charge is -2.15. The Morgan fingerprint density at radius 1 is 1.04 bits per heavy atom. The molecule has 4 heteroatoms. The Morgan fingerprint density at radius 3 is 2.48 bits per heavy atom. The Kier molecular flexibility index (Phi) is 3.18. The van der Waals surface area contributed by atoms with Crippen molar-refractivity contribution in [2.45, 2.75) is 32.4 Å². The van der Waals surface area contributed by atoms with Crippen molar-refractivity contribution in [2.75, 3.05) is 5.01 Å². The number of benzene rings is 2. The SMILES string of the molecule is CCc1nc2ccccc2c(=O)n1N1[C@H](C)[C@H]1c1ccccc1. The van der Waals surface area contributed by atoms with Gasteiger partial charge in [-0.2, -0.15) is 0 Å². The molecule has 1 aliphatic rings. The van der Waals surface area contributed by atoms with Crippen LogP contribution in [0.15, 0.2) is 59.4 Å². The molecule has 1 fully saturated rings. The van der Waals surface area contributed by atoms with Crippen LogP contribution in [0.25, 0.3) is 10.9 Å². The minimum absolute atomic E-state index is 0.0257. The molecule has 3 aromatic rings. The van der Waals surface area contributed by atoms with Gasteiger partial charge < -0.3 is 0 Å². The highest BCUT2D eigenvalue weighted by molar-refractivity contribution is 5.77. The molecule has 2 aromatic carbocycles. The van der Waals surface area contributed by atoms with Gasteiger partial charge in [0.15, 0.2) is 0 Å². The lowest BCUT2D eigenvalue weighted by Crippen LogP contribution is -2.33. The van der Waals surface area contributed by atoms with Crippen LogP contribution in [0.3, 0.4) is 0 Å². The molecule has 0 bridgehead atoms. The summed E-state index contributed by atoms with van der Waals surface area (Å²) in [5.41, 5.74) is 2.04. The van der Waals surface area contributed by atoms with Crippen LogP contribution in [0.1, 0.15) is 31.3 Å². The maximum atomic E-state index is 13.0. The van der Waals surface area contributed by atoms with E-state index in [0.29, 0.717) is 11.4 Å². The third-order valence-electron chi connectivity index (χ3n) is 4.58. The molecule has 116 valence electrons. The second-order valence-corrected chi connectivity index (χ2v) is 5.99. The van der Waals surface area contributed by atoms with Gasteiger partial charge in [-0.05, 0) is 24.6 Å². The predicted octanol–water partition coefficient (Wildman–Crippen LogP) is 3.04. The molecule has 1 aliphatic heterocycles. The zero-order chi connectivity index (χ0) is 16.0. The maximum absolute atomic E-state index is 13.0. The van der Waals surface area contributed by atoms with E-state index in [1.807, 2.05) is 49.4 Å². The fraction of sp³-hybridized carbons (Fsp3) is 0.263. The molecule has 4 rings (SSSR count). The number of aryl methyl sites for hydroxylation is 1. The Hall–Kier alpha value is -2.62. The van der Waals surface area contributed by atoms with Crippen molar-refractivity contribution in [3.8, 4) is 0 Å². The van der Waals surface area contributed by atoms with E-state index in [9.17, 15) is 4.79 Å². The van der Waals surface area contributed by atoms with E-state index in [1.54, 1.807) is 4.68 Å². The molecule has 0 amide bonds. The summed E-state index contributed by atoms with van der Waals surface area (Å²) in [5.74, 6) is 0.819. The van der Waals surface area contributed by atoms with Gasteiger partial charge in [-0.15, -0.1) is 0 Å². The van der Waals surface area contributed by atoms with Crippen molar-refractivity contribution < 1.29 is 0 Å². The van der Waals surface area contributed by atoms with Gasteiger partial charge in [-0.1, -0.05) is 49.4 Å². The van der Waals surface area contributed by atoms with Crippen LogP contribution in [-0.2, 0) is 6.42 Å². The van der Waals surface area contributed by atoms with Crippen LogP contribution in [0.2, 0.25) is 0 Å². The summed E-state index contributed by atoms with van der Waals surface area (Å²) >= 11 is 0. The number of hydrogen-bond acceptors (Lipinski definition) is 3. The number of fused-ring (bicyclic) bond motifs is 1. The van der Waals surface area contributed by atoms with Crippen molar-refractivity contribution in [2.24, 2.45) is 0 Å². The monoisotopic (exact) mass is 305 g/mol. The van der Waals surface area contributed by atoms with Gasteiger partial charge >= 0.3 is 0 Å². The summed E-state index contributed by atoms with van der Waals surface area (Å²) < 4.78 is 1.78. The Balaban J connectivity index is 1.86. The molecule has 1 aromatic heterocycles. The van der Waals surface area contributed by atoms with E-state index in [0.717, 1.165) is 17.8 Å². The van der Waals surface area contributed by atoms with Gasteiger partial charge in [0.1, 0.15) is 5.82 Å². The Bertz CT molecular complexity index is 917. The first-order chi connectivity index (χ1) is 11.2. The van der Waals surface area contributed by atoms with Crippen LogP contribution in [0.5, 0.6) is 0 Å². The van der Waals surface area contributed by atoms with Gasteiger partial charge in [0.05, 0.1) is 23.0 Å². The first-order valence-electron chi connectivity index (χ1n) is 8.06. The first-order valence-corrected chi connectivity index (χ1v) is 8.06. The Morgan fingerprint density at radius 2 is 1.74 bits per heavy atom. The fourth-order valence-electron chi connectivity index (χ4n) is 3.36. The van der Waals surface area contributed by atoms with Gasteiger partial charge in [-0.3, -0.25) is 9.80 Å². The first kappa shape index (κ1) is 14.0. The van der Waals surface area contributed by atoms with Crippen LogP contribution in [-0.4, -0.2) is 15.7 Å². The number of hydrogen-bond donors (Lipinski definition) is 0. The highest BCUT2D eigenvalue weighted by atomic mass is 16.1. The van der Waals surface area contributed by atoms with Gasteiger partial charge in [-0.25, -0.2) is 9.66 Å². The minimum Gasteiger partial charge on any atom is -0.294 e. The second-order valence-electron chi connectivity index (χ2n) is 5.99. The summed E-state index contributed by atoms with van der Waals surface area (Å²) in [7, 11) is 0. The molecular weight excluding hydrogens is 286 g/mol. The molecule has 0 unspecified atom stereocenters. The standard InChI is InChI=1S/C19H19N3O/c1-3-17-20-16-12-8-7-11-15(16)19(23)22(17)21-13(2)18(21)14-9-5-4-6-10-14/h4-13,18H,3H2,1-2H3/t13-,18+,21?/m1/s1. The summed E-state index contributed by atoms with van der Waals surface area (Å²) in [6.45, 7) is 4.19. The van der Waals surface area contributed by atoms with Gasteiger partial charge in [0.2, 0.25) is 0 Å². The van der Waals surface area contributed by atoms with E-state index in [1.165, 1.54) is 5.56 Å². The number of aromatic nitrogens is 2. The highest BCUT2D eigenvalue weighted by Gasteiger charge is 2.47. The molecule has 0 spiro atoms. The van der Waals surface area contributed by atoms with Gasteiger partial charge in [0.25, 0.3) is 5.56 Å². The summed E-state index contributed by atoms with van der Waals surface area (Å²) in [4.78, 5) is 17.7. The third kappa shape index (κ3) is 2.13. The quantitative estimate of drug-likeness (QED) is 0.698. The highest BCUT2D eigenvalue weighted by Crippen LogP contribution is 2.40. The molecule has 23 heavy (non-hydrogen) atoms. The summed E-state index contributed by atoms with van der Waals surface area (Å²) in [6.07, 6.45) is 0.727.